The summed E-state index contributed by atoms with van der Waals surface area (Å²) in [6.45, 7) is 1.36. The SMILES string of the molecule is Cc1ccc(S(=O)(=O)Oc2ccc(/C=C3\SC(=O)N(Cc4ccc(F)cc4Cl)C3=O)cc2)cc1[N+](=O)[O-]. The lowest BCUT2D eigenvalue weighted by Crippen LogP contribution is -2.27. The number of hydrogen-bond acceptors (Lipinski definition) is 8. The van der Waals surface area contributed by atoms with Gasteiger partial charge in [0.15, 0.2) is 0 Å². The summed E-state index contributed by atoms with van der Waals surface area (Å²) in [4.78, 5) is 36.3. The van der Waals surface area contributed by atoms with Gasteiger partial charge in [0.05, 0.1) is 16.4 Å². The van der Waals surface area contributed by atoms with Crippen molar-refractivity contribution in [3.63, 3.8) is 0 Å². The lowest BCUT2D eigenvalue weighted by Gasteiger charge is -2.13. The minimum absolute atomic E-state index is 0.0561. The van der Waals surface area contributed by atoms with Gasteiger partial charge in [-0.05, 0) is 66.2 Å². The van der Waals surface area contributed by atoms with Gasteiger partial charge in [0.1, 0.15) is 16.5 Å². The molecule has 1 aliphatic rings. The van der Waals surface area contributed by atoms with E-state index in [4.69, 9.17) is 15.8 Å². The first-order valence-electron chi connectivity index (χ1n) is 10.4. The molecule has 1 aliphatic heterocycles. The number of halogens is 2. The molecule has 0 radical (unpaired) electrons. The Kier molecular flexibility index (Phi) is 7.35. The molecule has 3 aromatic rings. The van der Waals surface area contributed by atoms with Crippen molar-refractivity contribution in [3.05, 3.63) is 103 Å². The van der Waals surface area contributed by atoms with E-state index in [1.807, 2.05) is 0 Å². The Labute approximate surface area is 219 Å². The van der Waals surface area contributed by atoms with Gasteiger partial charge in [-0.15, -0.1) is 0 Å². The molecule has 0 saturated carbocycles. The predicted molar refractivity (Wildman–Crippen MR) is 135 cm³/mol. The van der Waals surface area contributed by atoms with E-state index >= 15 is 0 Å². The van der Waals surface area contributed by atoms with Crippen LogP contribution in [0.4, 0.5) is 14.9 Å². The summed E-state index contributed by atoms with van der Waals surface area (Å²) in [5.74, 6) is -1.15. The second kappa shape index (κ2) is 10.3. The molecule has 0 bridgehead atoms. The summed E-state index contributed by atoms with van der Waals surface area (Å²) in [5.41, 5.74) is 0.850. The highest BCUT2D eigenvalue weighted by Crippen LogP contribution is 2.34. The van der Waals surface area contributed by atoms with Crippen LogP contribution in [0.15, 0.2) is 70.5 Å². The van der Waals surface area contributed by atoms with E-state index in [1.54, 1.807) is 0 Å². The van der Waals surface area contributed by atoms with Gasteiger partial charge in [-0.2, -0.15) is 8.42 Å². The number of carbonyl (C=O) groups is 2. The highest BCUT2D eigenvalue weighted by atomic mass is 35.5. The first-order valence-corrected chi connectivity index (χ1v) is 13.0. The van der Waals surface area contributed by atoms with Crippen molar-refractivity contribution < 1.29 is 31.5 Å². The highest BCUT2D eigenvalue weighted by molar-refractivity contribution is 8.18. The Balaban J connectivity index is 1.49. The maximum Gasteiger partial charge on any atom is 0.339 e. The summed E-state index contributed by atoms with van der Waals surface area (Å²) in [6.07, 6.45) is 1.46. The third-order valence-corrected chi connectivity index (χ3v) is 7.77. The fourth-order valence-electron chi connectivity index (χ4n) is 3.34. The molecule has 13 heteroatoms. The van der Waals surface area contributed by atoms with Gasteiger partial charge in [-0.3, -0.25) is 24.6 Å². The summed E-state index contributed by atoms with van der Waals surface area (Å²) >= 11 is 6.72. The molecular weight excluding hydrogens is 547 g/mol. The molecule has 0 aromatic heterocycles. The number of thioether (sulfide) groups is 1. The average Bonchev–Trinajstić information content (AvgIpc) is 3.09. The summed E-state index contributed by atoms with van der Waals surface area (Å²) < 4.78 is 43.5. The van der Waals surface area contributed by atoms with Crippen LogP contribution in [0.25, 0.3) is 6.08 Å². The zero-order chi connectivity index (χ0) is 26.9. The Bertz CT molecular complexity index is 1570. The van der Waals surface area contributed by atoms with Gasteiger partial charge in [-0.25, -0.2) is 4.39 Å². The van der Waals surface area contributed by atoms with Crippen LogP contribution in [0.3, 0.4) is 0 Å². The molecule has 1 saturated heterocycles. The fraction of sp³-hybridized carbons (Fsp3) is 0.0833. The highest BCUT2D eigenvalue weighted by Gasteiger charge is 2.35. The minimum Gasteiger partial charge on any atom is -0.379 e. The molecule has 0 spiro atoms. The fourth-order valence-corrected chi connectivity index (χ4v) is 5.36. The number of carbonyl (C=O) groups excluding carboxylic acids is 2. The van der Waals surface area contributed by atoms with Gasteiger partial charge >= 0.3 is 10.1 Å². The largest absolute Gasteiger partial charge is 0.379 e. The lowest BCUT2D eigenvalue weighted by atomic mass is 10.2. The van der Waals surface area contributed by atoms with Crippen molar-refractivity contribution >= 4 is 56.4 Å². The molecule has 1 heterocycles. The van der Waals surface area contributed by atoms with Gasteiger partial charge in [-0.1, -0.05) is 35.9 Å². The number of nitro groups is 1. The number of benzene rings is 3. The summed E-state index contributed by atoms with van der Waals surface area (Å²) in [5, 5.41) is 10.7. The Morgan fingerprint density at radius 2 is 1.81 bits per heavy atom. The van der Waals surface area contributed by atoms with Crippen LogP contribution in [0, 0.1) is 22.9 Å². The van der Waals surface area contributed by atoms with Crippen molar-refractivity contribution in [2.24, 2.45) is 0 Å². The van der Waals surface area contributed by atoms with E-state index in [-0.39, 0.29) is 32.8 Å². The minimum atomic E-state index is -4.34. The number of hydrogen-bond donors (Lipinski definition) is 0. The molecule has 1 fully saturated rings. The van der Waals surface area contributed by atoms with Crippen molar-refractivity contribution in [1.82, 2.24) is 4.90 Å². The normalized spacial score (nSPS) is 14.9. The molecular formula is C24H16ClFN2O7S2. The van der Waals surface area contributed by atoms with Gasteiger partial charge in [0, 0.05) is 16.7 Å². The molecule has 0 N–H and O–H groups in total. The molecule has 3 aromatic carbocycles. The van der Waals surface area contributed by atoms with Crippen molar-refractivity contribution in [1.29, 1.82) is 0 Å². The predicted octanol–water partition coefficient (Wildman–Crippen LogP) is 5.70. The number of nitrogens with zero attached hydrogens (tertiary/aromatic N) is 2. The molecule has 4 rings (SSSR count). The van der Waals surface area contributed by atoms with Gasteiger partial charge < -0.3 is 4.18 Å². The zero-order valence-corrected chi connectivity index (χ0v) is 21.3. The van der Waals surface area contributed by atoms with Crippen molar-refractivity contribution in [2.45, 2.75) is 18.4 Å². The molecule has 37 heavy (non-hydrogen) atoms. The van der Waals surface area contributed by atoms with Crippen LogP contribution in [0.1, 0.15) is 16.7 Å². The quantitative estimate of drug-likeness (QED) is 0.155. The smallest absolute Gasteiger partial charge is 0.339 e. The lowest BCUT2D eigenvalue weighted by molar-refractivity contribution is -0.385. The second-order valence-electron chi connectivity index (χ2n) is 7.82. The summed E-state index contributed by atoms with van der Waals surface area (Å²) in [6, 6.07) is 12.8. The van der Waals surface area contributed by atoms with E-state index in [0.717, 1.165) is 28.8 Å². The van der Waals surface area contributed by atoms with Crippen LogP contribution in [-0.4, -0.2) is 29.4 Å². The second-order valence-corrected chi connectivity index (χ2v) is 10.8. The third-order valence-electron chi connectivity index (χ3n) is 5.27. The van der Waals surface area contributed by atoms with Crippen molar-refractivity contribution in [3.8, 4) is 5.75 Å². The topological polar surface area (TPSA) is 124 Å². The van der Waals surface area contributed by atoms with E-state index in [9.17, 15) is 32.5 Å². The third kappa shape index (κ3) is 5.82. The number of amides is 2. The van der Waals surface area contributed by atoms with Gasteiger partial charge in [0.2, 0.25) is 0 Å². The summed E-state index contributed by atoms with van der Waals surface area (Å²) in [7, 11) is -4.34. The molecule has 2 amide bonds. The van der Waals surface area contributed by atoms with Crippen LogP contribution < -0.4 is 4.18 Å². The number of rotatable bonds is 7. The molecule has 9 nitrogen and oxygen atoms in total. The number of nitro benzene ring substituents is 1. The molecule has 0 atom stereocenters. The zero-order valence-electron chi connectivity index (χ0n) is 18.9. The van der Waals surface area contributed by atoms with E-state index in [2.05, 4.69) is 0 Å². The molecule has 0 unspecified atom stereocenters. The Morgan fingerprint density at radius 1 is 1.11 bits per heavy atom. The van der Waals surface area contributed by atoms with Crippen LogP contribution in [-0.2, 0) is 21.5 Å². The van der Waals surface area contributed by atoms with Crippen LogP contribution in [0.2, 0.25) is 5.02 Å². The van der Waals surface area contributed by atoms with Crippen LogP contribution >= 0.6 is 23.4 Å². The van der Waals surface area contributed by atoms with Crippen LogP contribution in [0.5, 0.6) is 5.75 Å². The van der Waals surface area contributed by atoms with E-state index in [0.29, 0.717) is 16.7 Å². The molecule has 190 valence electrons. The maximum atomic E-state index is 13.3. The standard InChI is InChI=1S/C24H16ClFN2O7S2/c1-14-2-9-19(12-21(14)28(31)32)37(33,34)35-18-7-3-15(4-8-18)10-22-23(29)27(24(30)36-22)13-16-5-6-17(26)11-20(16)25/h2-12H,13H2,1H3/b22-10-. The van der Waals surface area contributed by atoms with Crippen molar-refractivity contribution in [2.75, 3.05) is 0 Å². The van der Waals surface area contributed by atoms with E-state index in [1.165, 1.54) is 61.5 Å². The van der Waals surface area contributed by atoms with E-state index < -0.39 is 32.0 Å². The number of aryl methyl sites for hydroxylation is 1. The maximum absolute atomic E-state index is 13.3. The first kappa shape index (κ1) is 26.3. The average molecular weight is 563 g/mol. The Hall–Kier alpha value is -3.74. The Morgan fingerprint density at radius 3 is 2.46 bits per heavy atom. The first-order chi connectivity index (χ1) is 17.4. The number of imide groups is 1. The molecule has 0 aliphatic carbocycles. The monoisotopic (exact) mass is 562 g/mol. The van der Waals surface area contributed by atoms with Gasteiger partial charge in [0.25, 0.3) is 16.8 Å².